The molecule has 1 aromatic rings. The fourth-order valence-corrected chi connectivity index (χ4v) is 2.73. The van der Waals surface area contributed by atoms with Crippen molar-refractivity contribution in [1.29, 1.82) is 0 Å². The first-order chi connectivity index (χ1) is 10.0. The molecule has 2 N–H and O–H groups in total. The largest absolute Gasteiger partial charge is 0.491 e. The van der Waals surface area contributed by atoms with E-state index in [0.717, 1.165) is 31.9 Å². The van der Waals surface area contributed by atoms with Crippen molar-refractivity contribution in [3.8, 4) is 5.75 Å². The molecule has 1 atom stereocenters. The van der Waals surface area contributed by atoms with Gasteiger partial charge in [-0.1, -0.05) is 12.1 Å². The van der Waals surface area contributed by atoms with E-state index in [1.54, 1.807) is 0 Å². The maximum absolute atomic E-state index is 6.37. The van der Waals surface area contributed by atoms with E-state index in [-0.39, 0.29) is 12.1 Å². The standard InChI is InChI=1S/C17H29N3O/c1-14(2)21-16-7-5-15(6-8-16)17(18)13-20-10-4-9-19(3)11-12-20/h5-8,14,17H,4,9-13,18H2,1-3H3. The van der Waals surface area contributed by atoms with Gasteiger partial charge in [0.1, 0.15) is 5.75 Å². The molecule has 21 heavy (non-hydrogen) atoms. The second-order valence-corrected chi connectivity index (χ2v) is 6.30. The van der Waals surface area contributed by atoms with Gasteiger partial charge < -0.3 is 20.3 Å². The Labute approximate surface area is 128 Å². The minimum atomic E-state index is 0.0708. The van der Waals surface area contributed by atoms with Crippen molar-refractivity contribution in [2.75, 3.05) is 39.8 Å². The average Bonchev–Trinajstić information content (AvgIpc) is 2.64. The molecule has 0 saturated carbocycles. The smallest absolute Gasteiger partial charge is 0.119 e. The van der Waals surface area contributed by atoms with Crippen molar-refractivity contribution in [1.82, 2.24) is 9.80 Å². The van der Waals surface area contributed by atoms with E-state index in [1.165, 1.54) is 18.5 Å². The van der Waals surface area contributed by atoms with E-state index in [9.17, 15) is 0 Å². The van der Waals surface area contributed by atoms with E-state index in [2.05, 4.69) is 29.0 Å². The van der Waals surface area contributed by atoms with Crippen LogP contribution in [0.15, 0.2) is 24.3 Å². The number of ether oxygens (including phenoxy) is 1. The average molecular weight is 291 g/mol. The number of nitrogens with zero attached hydrogens (tertiary/aromatic N) is 2. The van der Waals surface area contributed by atoms with Crippen LogP contribution in [0.4, 0.5) is 0 Å². The molecule has 1 aliphatic heterocycles. The summed E-state index contributed by atoms with van der Waals surface area (Å²) in [5.74, 6) is 0.914. The van der Waals surface area contributed by atoms with Crippen molar-refractivity contribution in [3.63, 3.8) is 0 Å². The van der Waals surface area contributed by atoms with Gasteiger partial charge in [0.05, 0.1) is 6.10 Å². The van der Waals surface area contributed by atoms with E-state index < -0.39 is 0 Å². The monoisotopic (exact) mass is 291 g/mol. The Morgan fingerprint density at radius 2 is 1.81 bits per heavy atom. The van der Waals surface area contributed by atoms with Crippen LogP contribution < -0.4 is 10.5 Å². The molecule has 1 saturated heterocycles. The first-order valence-corrected chi connectivity index (χ1v) is 7.97. The van der Waals surface area contributed by atoms with Gasteiger partial charge in [0.15, 0.2) is 0 Å². The minimum absolute atomic E-state index is 0.0708. The molecule has 1 heterocycles. The quantitative estimate of drug-likeness (QED) is 0.902. The Morgan fingerprint density at radius 3 is 2.48 bits per heavy atom. The number of rotatable bonds is 5. The third-order valence-electron chi connectivity index (χ3n) is 3.95. The van der Waals surface area contributed by atoms with Crippen molar-refractivity contribution >= 4 is 0 Å². The third-order valence-corrected chi connectivity index (χ3v) is 3.95. The van der Waals surface area contributed by atoms with Crippen LogP contribution in [-0.2, 0) is 0 Å². The SMILES string of the molecule is CC(C)Oc1ccc(C(N)CN2CCCN(C)CC2)cc1. The molecule has 2 rings (SSSR count). The summed E-state index contributed by atoms with van der Waals surface area (Å²) in [5.41, 5.74) is 7.55. The van der Waals surface area contributed by atoms with Gasteiger partial charge in [-0.2, -0.15) is 0 Å². The lowest BCUT2D eigenvalue weighted by Gasteiger charge is -2.24. The highest BCUT2D eigenvalue weighted by molar-refractivity contribution is 5.29. The Hall–Kier alpha value is -1.10. The van der Waals surface area contributed by atoms with E-state index in [1.807, 2.05) is 26.0 Å². The van der Waals surface area contributed by atoms with Crippen LogP contribution in [0.25, 0.3) is 0 Å². The van der Waals surface area contributed by atoms with Crippen LogP contribution >= 0.6 is 0 Å². The zero-order valence-corrected chi connectivity index (χ0v) is 13.6. The van der Waals surface area contributed by atoms with Gasteiger partial charge in [0, 0.05) is 25.7 Å². The van der Waals surface area contributed by atoms with Gasteiger partial charge in [0.25, 0.3) is 0 Å². The van der Waals surface area contributed by atoms with Gasteiger partial charge in [-0.25, -0.2) is 0 Å². The molecule has 0 amide bonds. The Morgan fingerprint density at radius 1 is 1.10 bits per heavy atom. The number of hydrogen-bond acceptors (Lipinski definition) is 4. The minimum Gasteiger partial charge on any atom is -0.491 e. The lowest BCUT2D eigenvalue weighted by atomic mass is 10.1. The van der Waals surface area contributed by atoms with Crippen LogP contribution in [0, 0.1) is 0 Å². The summed E-state index contributed by atoms with van der Waals surface area (Å²) in [4.78, 5) is 4.87. The first kappa shape index (κ1) is 16.3. The van der Waals surface area contributed by atoms with Crippen LogP contribution in [0.2, 0.25) is 0 Å². The molecule has 1 unspecified atom stereocenters. The summed E-state index contributed by atoms with van der Waals surface area (Å²) < 4.78 is 5.67. The lowest BCUT2D eigenvalue weighted by Crippen LogP contribution is -2.35. The third kappa shape index (κ3) is 5.30. The second-order valence-electron chi connectivity index (χ2n) is 6.30. The fourth-order valence-electron chi connectivity index (χ4n) is 2.73. The van der Waals surface area contributed by atoms with Gasteiger partial charge in [-0.05, 0) is 58.1 Å². The highest BCUT2D eigenvalue weighted by atomic mass is 16.5. The first-order valence-electron chi connectivity index (χ1n) is 7.97. The molecule has 0 aromatic heterocycles. The summed E-state index contributed by atoms with van der Waals surface area (Å²) in [6, 6.07) is 8.29. The van der Waals surface area contributed by atoms with Crippen molar-refractivity contribution in [2.24, 2.45) is 5.73 Å². The highest BCUT2D eigenvalue weighted by Gasteiger charge is 2.16. The summed E-state index contributed by atoms with van der Waals surface area (Å²) in [7, 11) is 2.19. The van der Waals surface area contributed by atoms with E-state index in [4.69, 9.17) is 10.5 Å². The molecule has 4 nitrogen and oxygen atoms in total. The molecule has 0 spiro atoms. The molecule has 118 valence electrons. The zero-order valence-electron chi connectivity index (χ0n) is 13.6. The lowest BCUT2D eigenvalue weighted by molar-refractivity contribution is 0.242. The molecular weight excluding hydrogens is 262 g/mol. The molecule has 1 fully saturated rings. The molecule has 0 radical (unpaired) electrons. The molecule has 0 bridgehead atoms. The van der Waals surface area contributed by atoms with Crippen molar-refractivity contribution in [2.45, 2.75) is 32.4 Å². The van der Waals surface area contributed by atoms with Crippen LogP contribution in [0.1, 0.15) is 31.9 Å². The number of hydrogen-bond donors (Lipinski definition) is 1. The summed E-state index contributed by atoms with van der Waals surface area (Å²) in [6.45, 7) is 9.58. The molecular formula is C17H29N3O. The maximum Gasteiger partial charge on any atom is 0.119 e. The van der Waals surface area contributed by atoms with Gasteiger partial charge in [0.2, 0.25) is 0 Å². The Balaban J connectivity index is 1.88. The van der Waals surface area contributed by atoms with Crippen molar-refractivity contribution in [3.05, 3.63) is 29.8 Å². The number of nitrogens with two attached hydrogens (primary N) is 1. The Kier molecular flexibility index (Phi) is 6.03. The Bertz CT molecular complexity index is 419. The summed E-state index contributed by atoms with van der Waals surface area (Å²) in [5, 5.41) is 0. The molecule has 1 aliphatic rings. The predicted octanol–water partition coefficient (Wildman–Crippen LogP) is 2.11. The molecule has 1 aromatic carbocycles. The number of likely N-dealkylation sites (N-methyl/N-ethyl adjacent to an activating group) is 1. The van der Waals surface area contributed by atoms with E-state index >= 15 is 0 Å². The highest BCUT2D eigenvalue weighted by Crippen LogP contribution is 2.18. The van der Waals surface area contributed by atoms with Gasteiger partial charge in [-0.15, -0.1) is 0 Å². The van der Waals surface area contributed by atoms with Crippen LogP contribution in [0.5, 0.6) is 5.75 Å². The second kappa shape index (κ2) is 7.78. The summed E-state index contributed by atoms with van der Waals surface area (Å²) >= 11 is 0. The molecule has 4 heteroatoms. The van der Waals surface area contributed by atoms with Gasteiger partial charge >= 0.3 is 0 Å². The predicted molar refractivity (Wildman–Crippen MR) is 87.7 cm³/mol. The summed E-state index contributed by atoms with van der Waals surface area (Å²) in [6.07, 6.45) is 1.43. The fraction of sp³-hybridized carbons (Fsp3) is 0.647. The van der Waals surface area contributed by atoms with E-state index in [0.29, 0.717) is 0 Å². The van der Waals surface area contributed by atoms with Crippen molar-refractivity contribution < 1.29 is 4.74 Å². The normalized spacial score (nSPS) is 19.5. The van der Waals surface area contributed by atoms with Gasteiger partial charge in [-0.3, -0.25) is 0 Å². The topological polar surface area (TPSA) is 41.7 Å². The van der Waals surface area contributed by atoms with Crippen LogP contribution in [-0.4, -0.2) is 55.7 Å². The molecule has 0 aliphatic carbocycles. The van der Waals surface area contributed by atoms with Crippen LogP contribution in [0.3, 0.4) is 0 Å². The zero-order chi connectivity index (χ0) is 15.2. The maximum atomic E-state index is 6.37. The number of benzene rings is 1.